The summed E-state index contributed by atoms with van der Waals surface area (Å²) in [6.07, 6.45) is 5.52. The van der Waals surface area contributed by atoms with E-state index in [0.29, 0.717) is 0 Å². The number of hydrogen-bond donors (Lipinski definition) is 0. The van der Waals surface area contributed by atoms with E-state index in [1.807, 2.05) is 18.2 Å². The molecule has 144 valence electrons. The van der Waals surface area contributed by atoms with Crippen LogP contribution < -0.4 is 10.2 Å². The van der Waals surface area contributed by atoms with Gasteiger partial charge in [0.2, 0.25) is 0 Å². The van der Waals surface area contributed by atoms with Gasteiger partial charge in [-0.1, -0.05) is 31.9 Å². The molecule has 2 atom stereocenters. The van der Waals surface area contributed by atoms with E-state index in [-0.39, 0.29) is 18.3 Å². The molecule has 5 heteroatoms. The number of hydrogen-bond acceptors (Lipinski definition) is 4. The minimum absolute atomic E-state index is 0.317. The second-order valence-electron chi connectivity index (χ2n) is 8.77. The number of thioether (sulfide) groups is 1. The van der Waals surface area contributed by atoms with Crippen molar-refractivity contribution in [3.05, 3.63) is 24.3 Å². The summed E-state index contributed by atoms with van der Waals surface area (Å²) in [6, 6.07) is 8.14. The summed E-state index contributed by atoms with van der Waals surface area (Å²) in [6.45, 7) is 11.5. The summed E-state index contributed by atoms with van der Waals surface area (Å²) in [7, 11) is -0.332. The molecule has 2 fully saturated rings. The highest BCUT2D eigenvalue weighted by Crippen LogP contribution is 2.36. The van der Waals surface area contributed by atoms with E-state index in [0.717, 1.165) is 34.7 Å². The molecule has 2 aliphatic rings. The standard InChI is InChI=1S/C21H33BO3S/c1-16-8-6-11-19(14-16)26-13-12-23-18-10-7-9-17(15-18)22-24-20(2,3)21(4,5)25-22/h7,9-10,15-16,19H,6,8,11-14H2,1-5H3. The van der Waals surface area contributed by atoms with E-state index < -0.39 is 0 Å². The molecule has 1 saturated carbocycles. The Kier molecular flexibility index (Phi) is 6.31. The first-order valence-electron chi connectivity index (χ1n) is 9.97. The summed E-state index contributed by atoms with van der Waals surface area (Å²) < 4.78 is 18.3. The molecule has 1 aliphatic carbocycles. The molecule has 0 spiro atoms. The second-order valence-corrected chi connectivity index (χ2v) is 10.2. The van der Waals surface area contributed by atoms with Gasteiger partial charge in [-0.2, -0.15) is 11.8 Å². The van der Waals surface area contributed by atoms with Crippen molar-refractivity contribution in [2.45, 2.75) is 76.8 Å². The fourth-order valence-electron chi connectivity index (χ4n) is 3.63. The lowest BCUT2D eigenvalue weighted by Crippen LogP contribution is -2.41. The fourth-order valence-corrected chi connectivity index (χ4v) is 4.95. The smallest absolute Gasteiger partial charge is 0.493 e. The van der Waals surface area contributed by atoms with Crippen LogP contribution in [0.25, 0.3) is 0 Å². The van der Waals surface area contributed by atoms with Crippen molar-refractivity contribution in [1.82, 2.24) is 0 Å². The van der Waals surface area contributed by atoms with E-state index in [1.54, 1.807) is 0 Å². The summed E-state index contributed by atoms with van der Waals surface area (Å²) in [5.41, 5.74) is 0.389. The molecule has 26 heavy (non-hydrogen) atoms. The highest BCUT2D eigenvalue weighted by atomic mass is 32.2. The van der Waals surface area contributed by atoms with E-state index in [2.05, 4.69) is 52.4 Å². The lowest BCUT2D eigenvalue weighted by molar-refractivity contribution is 0.00578. The van der Waals surface area contributed by atoms with Crippen molar-refractivity contribution in [2.24, 2.45) is 5.92 Å². The van der Waals surface area contributed by atoms with Crippen LogP contribution in [0.3, 0.4) is 0 Å². The van der Waals surface area contributed by atoms with Crippen molar-refractivity contribution in [3.8, 4) is 5.75 Å². The van der Waals surface area contributed by atoms with Crippen LogP contribution >= 0.6 is 11.8 Å². The first-order valence-corrected chi connectivity index (χ1v) is 11.0. The Morgan fingerprint density at radius 1 is 1.15 bits per heavy atom. The van der Waals surface area contributed by atoms with Crippen LogP contribution in [0.4, 0.5) is 0 Å². The van der Waals surface area contributed by atoms with Gasteiger partial charge in [0.05, 0.1) is 17.8 Å². The van der Waals surface area contributed by atoms with Gasteiger partial charge in [-0.15, -0.1) is 0 Å². The summed E-state index contributed by atoms with van der Waals surface area (Å²) in [5, 5.41) is 0.818. The fraction of sp³-hybridized carbons (Fsp3) is 0.714. The van der Waals surface area contributed by atoms with E-state index in [1.165, 1.54) is 25.7 Å². The molecule has 2 unspecified atom stereocenters. The molecule has 0 aromatic heterocycles. The molecule has 0 bridgehead atoms. The average Bonchev–Trinajstić information content (AvgIpc) is 2.80. The summed E-state index contributed by atoms with van der Waals surface area (Å²) in [4.78, 5) is 0. The lowest BCUT2D eigenvalue weighted by Gasteiger charge is -2.32. The zero-order valence-electron chi connectivity index (χ0n) is 16.9. The third-order valence-corrected chi connectivity index (χ3v) is 7.28. The molecule has 3 nitrogen and oxygen atoms in total. The van der Waals surface area contributed by atoms with Gasteiger partial charge in [0, 0.05) is 11.0 Å². The van der Waals surface area contributed by atoms with E-state index in [9.17, 15) is 0 Å². The molecule has 1 aliphatic heterocycles. The van der Waals surface area contributed by atoms with Gasteiger partial charge in [0.25, 0.3) is 0 Å². The average molecular weight is 376 g/mol. The van der Waals surface area contributed by atoms with Crippen molar-refractivity contribution in [3.63, 3.8) is 0 Å². The van der Waals surface area contributed by atoms with Gasteiger partial charge >= 0.3 is 7.12 Å². The Bertz CT molecular complexity index is 589. The molecule has 1 heterocycles. The maximum absolute atomic E-state index is 6.14. The van der Waals surface area contributed by atoms with Gasteiger partial charge < -0.3 is 14.0 Å². The van der Waals surface area contributed by atoms with Gasteiger partial charge in [-0.25, -0.2) is 0 Å². The van der Waals surface area contributed by atoms with Crippen LogP contribution in [0.1, 0.15) is 60.3 Å². The molecule has 1 saturated heterocycles. The summed E-state index contributed by atoms with van der Waals surface area (Å²) in [5.74, 6) is 2.84. The largest absolute Gasteiger partial charge is 0.494 e. The van der Waals surface area contributed by atoms with Crippen LogP contribution in [0.2, 0.25) is 0 Å². The van der Waals surface area contributed by atoms with E-state index >= 15 is 0 Å². The third-order valence-electron chi connectivity index (χ3n) is 5.98. The summed E-state index contributed by atoms with van der Waals surface area (Å²) >= 11 is 2.07. The minimum Gasteiger partial charge on any atom is -0.493 e. The molecule has 1 aromatic carbocycles. The maximum Gasteiger partial charge on any atom is 0.494 e. The van der Waals surface area contributed by atoms with Crippen molar-refractivity contribution >= 4 is 24.3 Å². The molecule has 0 N–H and O–H groups in total. The van der Waals surface area contributed by atoms with Crippen molar-refractivity contribution in [2.75, 3.05) is 12.4 Å². The normalized spacial score (nSPS) is 27.5. The van der Waals surface area contributed by atoms with Gasteiger partial charge in [0.1, 0.15) is 5.75 Å². The first-order chi connectivity index (χ1) is 12.3. The van der Waals surface area contributed by atoms with Crippen molar-refractivity contribution in [1.29, 1.82) is 0 Å². The van der Waals surface area contributed by atoms with Crippen molar-refractivity contribution < 1.29 is 14.0 Å². The van der Waals surface area contributed by atoms with E-state index in [4.69, 9.17) is 14.0 Å². The van der Waals surface area contributed by atoms with Crippen LogP contribution in [0.5, 0.6) is 5.75 Å². The third kappa shape index (κ3) is 4.79. The second kappa shape index (κ2) is 8.16. The molecular formula is C21H33BO3S. The zero-order chi connectivity index (χ0) is 18.8. The van der Waals surface area contributed by atoms with Crippen LogP contribution in [0, 0.1) is 5.92 Å². The molecule has 0 radical (unpaired) electrons. The topological polar surface area (TPSA) is 27.7 Å². The van der Waals surface area contributed by atoms with Crippen LogP contribution in [-0.4, -0.2) is 35.9 Å². The Labute approximate surface area is 163 Å². The monoisotopic (exact) mass is 376 g/mol. The quantitative estimate of drug-likeness (QED) is 0.532. The highest BCUT2D eigenvalue weighted by Gasteiger charge is 2.51. The highest BCUT2D eigenvalue weighted by molar-refractivity contribution is 7.99. The number of rotatable bonds is 6. The molecule has 1 aromatic rings. The number of ether oxygens (including phenoxy) is 1. The Morgan fingerprint density at radius 2 is 1.88 bits per heavy atom. The SMILES string of the molecule is CC1CCCC(SCCOc2cccc(B3OC(C)(C)C(C)(C)O3)c2)C1. The predicted molar refractivity (Wildman–Crippen MR) is 112 cm³/mol. The van der Waals surface area contributed by atoms with Gasteiger partial charge in [0.15, 0.2) is 0 Å². The van der Waals surface area contributed by atoms with Gasteiger partial charge in [-0.3, -0.25) is 0 Å². The lowest BCUT2D eigenvalue weighted by atomic mass is 9.79. The predicted octanol–water partition coefficient (Wildman–Crippen LogP) is 4.68. The van der Waals surface area contributed by atoms with Crippen LogP contribution in [0.15, 0.2) is 24.3 Å². The van der Waals surface area contributed by atoms with Crippen LogP contribution in [-0.2, 0) is 9.31 Å². The number of benzene rings is 1. The Hall–Kier alpha value is -0.645. The first kappa shape index (κ1) is 20.1. The molecule has 0 amide bonds. The molecular weight excluding hydrogens is 343 g/mol. The Balaban J connectivity index is 1.49. The zero-order valence-corrected chi connectivity index (χ0v) is 17.7. The maximum atomic E-state index is 6.14. The minimum atomic E-state index is -0.332. The van der Waals surface area contributed by atoms with Gasteiger partial charge in [-0.05, 0) is 64.1 Å². The molecule has 3 rings (SSSR count). The Morgan fingerprint density at radius 3 is 2.58 bits per heavy atom.